The van der Waals surface area contributed by atoms with Gasteiger partial charge in [-0.05, 0) is 43.0 Å². The van der Waals surface area contributed by atoms with Crippen LogP contribution < -0.4 is 10.2 Å². The zero-order valence-electron chi connectivity index (χ0n) is 12.4. The molecule has 1 atom stereocenters. The van der Waals surface area contributed by atoms with Crippen LogP contribution >= 0.6 is 11.6 Å². The Bertz CT molecular complexity index is 436. The number of halogens is 1. The summed E-state index contributed by atoms with van der Waals surface area (Å²) in [5.74, 6) is 0.642. The molecule has 0 amide bonds. The van der Waals surface area contributed by atoms with Gasteiger partial charge in [-0.2, -0.15) is 0 Å². The molecule has 2 rings (SSSR count). The minimum Gasteiger partial charge on any atom is -0.391 e. The van der Waals surface area contributed by atoms with E-state index in [0.29, 0.717) is 12.5 Å². The van der Waals surface area contributed by atoms with Gasteiger partial charge in [-0.1, -0.05) is 31.5 Å². The van der Waals surface area contributed by atoms with Crippen LogP contribution in [-0.4, -0.2) is 30.8 Å². The first kappa shape index (κ1) is 15.6. The van der Waals surface area contributed by atoms with Crippen LogP contribution in [0.5, 0.6) is 0 Å². The first-order valence-electron chi connectivity index (χ1n) is 7.48. The zero-order chi connectivity index (χ0) is 14.5. The number of benzene rings is 1. The third kappa shape index (κ3) is 4.37. The Balaban J connectivity index is 1.98. The Labute approximate surface area is 126 Å². The van der Waals surface area contributed by atoms with Crippen molar-refractivity contribution in [3.05, 3.63) is 28.8 Å². The van der Waals surface area contributed by atoms with Gasteiger partial charge >= 0.3 is 0 Å². The predicted octanol–water partition coefficient (Wildman–Crippen LogP) is 3.05. The van der Waals surface area contributed by atoms with Crippen molar-refractivity contribution in [3.63, 3.8) is 0 Å². The van der Waals surface area contributed by atoms with Gasteiger partial charge in [-0.25, -0.2) is 0 Å². The number of piperidine rings is 1. The summed E-state index contributed by atoms with van der Waals surface area (Å²) in [4.78, 5) is 2.21. The summed E-state index contributed by atoms with van der Waals surface area (Å²) in [6.45, 7) is 7.90. The van der Waals surface area contributed by atoms with Gasteiger partial charge in [0.25, 0.3) is 0 Å². The number of hydrogen-bond acceptors (Lipinski definition) is 3. The first-order chi connectivity index (χ1) is 9.56. The number of anilines is 1. The first-order valence-corrected chi connectivity index (χ1v) is 7.86. The van der Waals surface area contributed by atoms with E-state index < -0.39 is 0 Å². The van der Waals surface area contributed by atoms with E-state index in [1.807, 2.05) is 6.07 Å². The summed E-state index contributed by atoms with van der Waals surface area (Å²) in [5, 5.41) is 14.0. The molecule has 1 aromatic carbocycles. The maximum atomic E-state index is 9.75. The fourth-order valence-corrected chi connectivity index (χ4v) is 2.80. The highest BCUT2D eigenvalue weighted by Gasteiger charge is 2.18. The Morgan fingerprint density at radius 1 is 1.45 bits per heavy atom. The number of hydrogen-bond donors (Lipinski definition) is 2. The van der Waals surface area contributed by atoms with Crippen molar-refractivity contribution < 1.29 is 5.11 Å². The quantitative estimate of drug-likeness (QED) is 0.877. The second kappa shape index (κ2) is 7.30. The molecule has 1 unspecified atom stereocenters. The van der Waals surface area contributed by atoms with Crippen LogP contribution in [0.25, 0.3) is 0 Å². The van der Waals surface area contributed by atoms with Crippen LogP contribution in [0.15, 0.2) is 18.2 Å². The fourth-order valence-electron chi connectivity index (χ4n) is 2.56. The van der Waals surface area contributed by atoms with Gasteiger partial charge in [0.05, 0.1) is 6.10 Å². The van der Waals surface area contributed by atoms with E-state index in [4.69, 9.17) is 11.6 Å². The number of β-amino-alcohol motifs (C(OH)–C–C–N with tert-alkyl or cyclic N) is 1. The van der Waals surface area contributed by atoms with E-state index in [9.17, 15) is 5.11 Å². The molecule has 0 radical (unpaired) electrons. The average Bonchev–Trinajstić information content (AvgIpc) is 2.40. The van der Waals surface area contributed by atoms with Gasteiger partial charge in [0.2, 0.25) is 0 Å². The summed E-state index contributed by atoms with van der Waals surface area (Å²) in [6.07, 6.45) is 1.73. The number of aliphatic hydroxyl groups excluding tert-OH is 1. The van der Waals surface area contributed by atoms with E-state index in [1.54, 1.807) is 0 Å². The third-order valence-corrected chi connectivity index (χ3v) is 4.02. The second-order valence-corrected chi connectivity index (χ2v) is 6.45. The number of nitrogens with one attached hydrogen (secondary N) is 1. The van der Waals surface area contributed by atoms with Gasteiger partial charge in [0, 0.05) is 30.3 Å². The molecule has 0 aromatic heterocycles. The molecule has 0 aliphatic carbocycles. The lowest BCUT2D eigenvalue weighted by atomic mass is 10.1. The van der Waals surface area contributed by atoms with E-state index in [1.165, 1.54) is 0 Å². The van der Waals surface area contributed by atoms with Gasteiger partial charge in [-0.15, -0.1) is 0 Å². The Kier molecular flexibility index (Phi) is 5.70. The molecule has 2 N–H and O–H groups in total. The number of rotatable bonds is 5. The molecule has 4 heteroatoms. The van der Waals surface area contributed by atoms with Gasteiger partial charge in [0.15, 0.2) is 0 Å². The topological polar surface area (TPSA) is 35.5 Å². The van der Waals surface area contributed by atoms with Gasteiger partial charge in [-0.3, -0.25) is 0 Å². The standard InChI is InChI=1S/C16H25ClN2O/c1-12(2)9-18-10-13-5-6-14(8-16(13)17)19-7-3-4-15(20)11-19/h5-6,8,12,15,18,20H,3-4,7,9-11H2,1-2H3. The summed E-state index contributed by atoms with van der Waals surface area (Å²) in [5.41, 5.74) is 2.25. The lowest BCUT2D eigenvalue weighted by Gasteiger charge is -2.32. The van der Waals surface area contributed by atoms with Crippen molar-refractivity contribution in [2.24, 2.45) is 5.92 Å². The minimum absolute atomic E-state index is 0.213. The van der Waals surface area contributed by atoms with Crippen LogP contribution in [-0.2, 0) is 6.54 Å². The Morgan fingerprint density at radius 2 is 2.25 bits per heavy atom. The molecule has 0 spiro atoms. The molecule has 1 fully saturated rings. The van der Waals surface area contributed by atoms with Crippen LogP contribution in [0.1, 0.15) is 32.3 Å². The van der Waals surface area contributed by atoms with E-state index in [-0.39, 0.29) is 6.10 Å². The van der Waals surface area contributed by atoms with Crippen molar-refractivity contribution in [1.82, 2.24) is 5.32 Å². The molecule has 1 aliphatic rings. The third-order valence-electron chi connectivity index (χ3n) is 3.67. The van der Waals surface area contributed by atoms with E-state index in [0.717, 1.165) is 48.7 Å². The zero-order valence-corrected chi connectivity index (χ0v) is 13.2. The molecule has 0 bridgehead atoms. The SMILES string of the molecule is CC(C)CNCc1ccc(N2CCCC(O)C2)cc1Cl. The maximum Gasteiger partial charge on any atom is 0.0715 e. The fraction of sp³-hybridized carbons (Fsp3) is 0.625. The molecule has 0 saturated carbocycles. The molecule has 20 heavy (non-hydrogen) atoms. The van der Waals surface area contributed by atoms with E-state index >= 15 is 0 Å². The number of nitrogens with zero attached hydrogens (tertiary/aromatic N) is 1. The van der Waals surface area contributed by atoms with Crippen LogP contribution in [0.2, 0.25) is 5.02 Å². The summed E-state index contributed by atoms with van der Waals surface area (Å²) < 4.78 is 0. The average molecular weight is 297 g/mol. The highest BCUT2D eigenvalue weighted by molar-refractivity contribution is 6.31. The molecule has 112 valence electrons. The molecule has 3 nitrogen and oxygen atoms in total. The highest BCUT2D eigenvalue weighted by Crippen LogP contribution is 2.26. The summed E-state index contributed by atoms with van der Waals surface area (Å²) in [7, 11) is 0. The Morgan fingerprint density at radius 3 is 2.90 bits per heavy atom. The van der Waals surface area contributed by atoms with E-state index in [2.05, 4.69) is 36.2 Å². The molecular weight excluding hydrogens is 272 g/mol. The van der Waals surface area contributed by atoms with Crippen molar-refractivity contribution in [2.45, 2.75) is 39.3 Å². The van der Waals surface area contributed by atoms with Crippen molar-refractivity contribution in [3.8, 4) is 0 Å². The van der Waals surface area contributed by atoms with Gasteiger partial charge < -0.3 is 15.3 Å². The lowest BCUT2D eigenvalue weighted by Crippen LogP contribution is -2.38. The molecule has 1 aliphatic heterocycles. The molecular formula is C16H25ClN2O. The van der Waals surface area contributed by atoms with Crippen molar-refractivity contribution in [2.75, 3.05) is 24.5 Å². The largest absolute Gasteiger partial charge is 0.391 e. The van der Waals surface area contributed by atoms with Gasteiger partial charge in [0.1, 0.15) is 0 Å². The predicted molar refractivity (Wildman–Crippen MR) is 85.5 cm³/mol. The van der Waals surface area contributed by atoms with Crippen LogP contribution in [0.4, 0.5) is 5.69 Å². The second-order valence-electron chi connectivity index (χ2n) is 6.04. The molecule has 1 saturated heterocycles. The lowest BCUT2D eigenvalue weighted by molar-refractivity contribution is 0.154. The summed E-state index contributed by atoms with van der Waals surface area (Å²) in [6, 6.07) is 6.22. The normalized spacial score (nSPS) is 19.6. The minimum atomic E-state index is -0.213. The molecule has 1 aromatic rings. The van der Waals surface area contributed by atoms with Crippen LogP contribution in [0.3, 0.4) is 0 Å². The monoisotopic (exact) mass is 296 g/mol. The van der Waals surface area contributed by atoms with Crippen molar-refractivity contribution in [1.29, 1.82) is 0 Å². The van der Waals surface area contributed by atoms with Crippen LogP contribution in [0, 0.1) is 5.92 Å². The summed E-state index contributed by atoms with van der Waals surface area (Å²) >= 11 is 6.37. The Hall–Kier alpha value is -0.770. The highest BCUT2D eigenvalue weighted by atomic mass is 35.5. The molecule has 1 heterocycles. The smallest absolute Gasteiger partial charge is 0.0715 e. The van der Waals surface area contributed by atoms with Crippen molar-refractivity contribution >= 4 is 17.3 Å². The number of aliphatic hydroxyl groups is 1. The maximum absolute atomic E-state index is 9.75.